The van der Waals surface area contributed by atoms with Crippen LogP contribution in [0.3, 0.4) is 0 Å². The van der Waals surface area contributed by atoms with E-state index in [0.29, 0.717) is 0 Å². The molecular weight excluding hydrogens is 539 g/mol. The van der Waals surface area contributed by atoms with Crippen molar-refractivity contribution in [2.24, 2.45) is 5.41 Å². The van der Waals surface area contributed by atoms with E-state index in [1.807, 2.05) is 0 Å². The van der Waals surface area contributed by atoms with E-state index in [4.69, 9.17) is 23.2 Å². The Labute approximate surface area is 251 Å². The molecule has 3 heteroatoms. The zero-order valence-corrected chi connectivity index (χ0v) is 25.2. The molecule has 4 aromatic carbocycles. The summed E-state index contributed by atoms with van der Waals surface area (Å²) in [6, 6.07) is 34.1. The Morgan fingerprint density at radius 2 is 0.895 bits per heavy atom. The normalized spacial score (nSPS) is 21.7. The van der Waals surface area contributed by atoms with Gasteiger partial charge in [0, 0.05) is 27.1 Å². The van der Waals surface area contributed by atoms with Gasteiger partial charge in [0.25, 0.3) is 0 Å². The largest absolute Gasteiger partial charge is 0.108 e. The van der Waals surface area contributed by atoms with Gasteiger partial charge >= 0.3 is 0 Å². The van der Waals surface area contributed by atoms with Crippen LogP contribution in [-0.4, -0.2) is 0 Å². The molecule has 0 radical (unpaired) electrons. The van der Waals surface area contributed by atoms with E-state index in [-0.39, 0.29) is 21.7 Å². The molecule has 2 aliphatic carbocycles. The maximum absolute atomic E-state index is 7.88. The third kappa shape index (κ3) is 3.61. The van der Waals surface area contributed by atoms with Crippen molar-refractivity contribution in [3.05, 3.63) is 130 Å². The molecule has 2 unspecified atom stereocenters. The summed E-state index contributed by atoms with van der Waals surface area (Å²) in [5.74, 6) is 0. The predicted octanol–water partition coefficient (Wildman–Crippen LogP) is 10.4. The zero-order chi connectivity index (χ0) is 26.0. The monoisotopic (exact) mass is 568 g/mol. The first-order valence-electron chi connectivity index (χ1n) is 12.8. The summed E-state index contributed by atoms with van der Waals surface area (Å²) >= 11 is 15.8. The molecule has 2 aliphatic rings. The van der Waals surface area contributed by atoms with Crippen molar-refractivity contribution >= 4 is 35.4 Å². The van der Waals surface area contributed by atoms with Crippen LogP contribution in [0.1, 0.15) is 49.9 Å². The number of alkyl halides is 2. The van der Waals surface area contributed by atoms with E-state index in [9.17, 15) is 0 Å². The fraction of sp³-hybridized carbons (Fsp3) is 0.200. The Morgan fingerprint density at radius 3 is 1.26 bits per heavy atom. The number of allylic oxidation sites excluding steroid dienone is 2. The summed E-state index contributed by atoms with van der Waals surface area (Å²) in [6.45, 7) is 8.77. The quantitative estimate of drug-likeness (QED) is 0.170. The van der Waals surface area contributed by atoms with Gasteiger partial charge in [-0.1, -0.05) is 123 Å². The third-order valence-corrected chi connectivity index (χ3v) is 10.6. The molecule has 0 saturated heterocycles. The van der Waals surface area contributed by atoms with Crippen molar-refractivity contribution in [3.63, 3.8) is 0 Å². The molecule has 4 aromatic rings. The Balaban J connectivity index is 0.00000294. The molecule has 6 rings (SSSR count). The van der Waals surface area contributed by atoms with Gasteiger partial charge in [-0.2, -0.15) is 0 Å². The molecule has 0 N–H and O–H groups in total. The minimum atomic E-state index is -0.783. The summed E-state index contributed by atoms with van der Waals surface area (Å²) in [5.41, 5.74) is 11.1. The second-order valence-corrected chi connectivity index (χ2v) is 12.0. The summed E-state index contributed by atoms with van der Waals surface area (Å²) in [4.78, 5) is -1.57. The van der Waals surface area contributed by atoms with Gasteiger partial charge in [0.15, 0.2) is 0 Å². The van der Waals surface area contributed by atoms with Gasteiger partial charge in [-0.15, -0.1) is 23.2 Å². The number of hydrogen-bond acceptors (Lipinski definition) is 0. The van der Waals surface area contributed by atoms with E-state index in [2.05, 4.69) is 137 Å². The molecule has 38 heavy (non-hydrogen) atoms. The first-order valence-corrected chi connectivity index (χ1v) is 13.6. The number of halogens is 2. The molecule has 2 atom stereocenters. The zero-order valence-electron chi connectivity index (χ0n) is 22.1. The van der Waals surface area contributed by atoms with Gasteiger partial charge in [-0.25, -0.2) is 0 Å². The van der Waals surface area contributed by atoms with Crippen LogP contribution in [0.2, 0.25) is 0 Å². The number of rotatable bonds is 4. The third-order valence-electron chi connectivity index (χ3n) is 8.66. The molecular formula is C35H30Cl2Ti. The van der Waals surface area contributed by atoms with E-state index in [1.54, 1.807) is 0 Å². The van der Waals surface area contributed by atoms with E-state index < -0.39 is 15.2 Å². The molecule has 0 bridgehead atoms. The molecule has 0 nitrogen and oxygen atoms in total. The van der Waals surface area contributed by atoms with Crippen molar-refractivity contribution in [2.45, 2.75) is 37.4 Å². The van der Waals surface area contributed by atoms with E-state index in [0.717, 1.165) is 22.3 Å². The summed E-state index contributed by atoms with van der Waals surface area (Å²) in [7, 11) is 0. The Morgan fingerprint density at radius 1 is 0.526 bits per heavy atom. The van der Waals surface area contributed by atoms with Crippen molar-refractivity contribution in [1.82, 2.24) is 0 Å². The van der Waals surface area contributed by atoms with Gasteiger partial charge in [-0.05, 0) is 69.5 Å². The minimum absolute atomic E-state index is 0. The van der Waals surface area contributed by atoms with Crippen LogP contribution >= 0.6 is 23.2 Å². The molecule has 0 spiro atoms. The van der Waals surface area contributed by atoms with Crippen LogP contribution in [0, 0.1) is 5.41 Å². The van der Waals surface area contributed by atoms with E-state index in [1.165, 1.54) is 33.4 Å². The molecule has 0 aromatic heterocycles. The molecule has 188 valence electrons. The van der Waals surface area contributed by atoms with Crippen LogP contribution < -0.4 is 0 Å². The summed E-state index contributed by atoms with van der Waals surface area (Å²) in [6.07, 6.45) is 4.53. The fourth-order valence-corrected chi connectivity index (χ4v) is 7.50. The second-order valence-electron chi connectivity index (χ2n) is 10.9. The number of fused-ring (bicyclic) bond motifs is 2. The standard InChI is InChI=1S/C35H30Cl2.Ti/c1-23-21-29-27(25-13-7-5-8-14-25)17-11-19-31(29)34(23,36)33(3,4)35(37)24(2)22-30-28(18-12-20-32(30)35)26-15-9-6-10-16-26;/h5-22H,1-4H3;. The van der Waals surface area contributed by atoms with Crippen LogP contribution in [0.25, 0.3) is 34.4 Å². The Bertz CT molecular complexity index is 1460. The Hall–Kier alpha value is -2.35. The van der Waals surface area contributed by atoms with Crippen molar-refractivity contribution < 1.29 is 21.7 Å². The molecule has 0 fully saturated rings. The molecule has 0 aliphatic heterocycles. The average Bonchev–Trinajstić information content (AvgIpc) is 3.35. The predicted molar refractivity (Wildman–Crippen MR) is 160 cm³/mol. The first kappa shape index (κ1) is 27.2. The van der Waals surface area contributed by atoms with Gasteiger partial charge < -0.3 is 0 Å². The number of benzene rings is 4. The minimum Gasteiger partial charge on any atom is -0.108 e. The topological polar surface area (TPSA) is 0 Å². The summed E-state index contributed by atoms with van der Waals surface area (Å²) < 4.78 is 0. The van der Waals surface area contributed by atoms with Crippen molar-refractivity contribution in [1.29, 1.82) is 0 Å². The van der Waals surface area contributed by atoms with Gasteiger partial charge in [0.1, 0.15) is 0 Å². The maximum atomic E-state index is 7.88. The maximum Gasteiger partial charge on any atom is 0.0984 e. The van der Waals surface area contributed by atoms with Crippen LogP contribution in [-0.2, 0) is 31.5 Å². The molecule has 0 heterocycles. The Kier molecular flexibility index (Phi) is 6.94. The fourth-order valence-electron chi connectivity index (χ4n) is 6.73. The number of hydrogen-bond donors (Lipinski definition) is 0. The van der Waals surface area contributed by atoms with Gasteiger partial charge in [-0.3, -0.25) is 0 Å². The SMILES string of the molecule is CC1=Cc2c(-c3ccccc3)cccc2C1(Cl)C(C)(C)C1(Cl)C(C)=Cc2c(-c3ccccc3)cccc21.[Ti]. The van der Waals surface area contributed by atoms with Crippen LogP contribution in [0.5, 0.6) is 0 Å². The molecule has 0 saturated carbocycles. The van der Waals surface area contributed by atoms with Crippen molar-refractivity contribution in [2.75, 3.05) is 0 Å². The summed E-state index contributed by atoms with van der Waals surface area (Å²) in [5, 5.41) is 0. The van der Waals surface area contributed by atoms with Crippen LogP contribution in [0.15, 0.2) is 108 Å². The first-order chi connectivity index (χ1) is 17.7. The van der Waals surface area contributed by atoms with Gasteiger partial charge in [0.05, 0.1) is 9.75 Å². The van der Waals surface area contributed by atoms with Crippen molar-refractivity contribution in [3.8, 4) is 22.3 Å². The molecule has 0 amide bonds. The van der Waals surface area contributed by atoms with Gasteiger partial charge in [0.2, 0.25) is 0 Å². The van der Waals surface area contributed by atoms with Crippen LogP contribution in [0.4, 0.5) is 0 Å². The second kappa shape index (κ2) is 9.69. The smallest absolute Gasteiger partial charge is 0.0984 e. The average molecular weight is 569 g/mol. The van der Waals surface area contributed by atoms with E-state index >= 15 is 0 Å².